The minimum Gasteiger partial charge on any atom is -0.400 e. The molecule has 6 nitrogen and oxygen atoms in total. The van der Waals surface area contributed by atoms with E-state index in [1.165, 1.54) is 17.0 Å². The summed E-state index contributed by atoms with van der Waals surface area (Å²) in [6.07, 6.45) is 0.696. The Hall–Kier alpha value is -1.93. The zero-order chi connectivity index (χ0) is 20.3. The standard InChI is InChI=1S/C15H17FN2O3S.C2H6.CH4O/c1-9-6-10(2-3-12(9)16)17-15(21)11-4-5-18(7-13(11)22)14(20)8-19;2*1-2/h2-3,6,8,11,13,22H,4-5,7H2,1H3,(H,17,21);1-2H3;2H,1H3. The first-order chi connectivity index (χ1) is 12.4. The van der Waals surface area contributed by atoms with Gasteiger partial charge in [0.2, 0.25) is 12.2 Å². The predicted molar refractivity (Wildman–Crippen MR) is 103 cm³/mol. The lowest BCUT2D eigenvalue weighted by Gasteiger charge is -2.34. The largest absolute Gasteiger partial charge is 0.400 e. The van der Waals surface area contributed by atoms with E-state index in [4.69, 9.17) is 5.11 Å². The lowest BCUT2D eigenvalue weighted by molar-refractivity contribution is -0.140. The molecule has 1 heterocycles. The highest BCUT2D eigenvalue weighted by atomic mass is 32.1. The second-order valence-corrected chi connectivity index (χ2v) is 5.98. The van der Waals surface area contributed by atoms with Gasteiger partial charge in [-0.1, -0.05) is 13.8 Å². The molecule has 0 bridgehead atoms. The number of halogens is 1. The van der Waals surface area contributed by atoms with Crippen LogP contribution in [0.25, 0.3) is 0 Å². The number of aryl methyl sites for hydroxylation is 1. The highest BCUT2D eigenvalue weighted by Gasteiger charge is 2.33. The Morgan fingerprint density at radius 1 is 1.35 bits per heavy atom. The number of likely N-dealkylation sites (tertiary alicyclic amines) is 1. The number of aldehydes is 1. The lowest BCUT2D eigenvalue weighted by Crippen LogP contribution is -2.48. The van der Waals surface area contributed by atoms with Gasteiger partial charge in [0.05, 0.1) is 5.92 Å². The Balaban J connectivity index is 0.00000146. The van der Waals surface area contributed by atoms with Gasteiger partial charge in [0.25, 0.3) is 5.91 Å². The zero-order valence-corrected chi connectivity index (χ0v) is 16.4. The maximum atomic E-state index is 13.2. The summed E-state index contributed by atoms with van der Waals surface area (Å²) in [6, 6.07) is 4.36. The van der Waals surface area contributed by atoms with Crippen LogP contribution in [0.15, 0.2) is 18.2 Å². The molecule has 2 amide bonds. The van der Waals surface area contributed by atoms with Gasteiger partial charge in [0.15, 0.2) is 0 Å². The molecular weight excluding hydrogens is 359 g/mol. The SMILES string of the molecule is CC.CO.Cc1cc(NC(=O)C2CCN(C(=O)C=O)CC2S)ccc1F. The number of carbonyl (C=O) groups is 3. The second kappa shape index (κ2) is 12.4. The monoisotopic (exact) mass is 386 g/mol. The van der Waals surface area contributed by atoms with Gasteiger partial charge >= 0.3 is 0 Å². The number of nitrogens with zero attached hydrogens (tertiary/aromatic N) is 1. The number of hydrogen-bond donors (Lipinski definition) is 3. The number of hydrogen-bond acceptors (Lipinski definition) is 5. The Kier molecular flexibility index (Phi) is 11.5. The van der Waals surface area contributed by atoms with Crippen molar-refractivity contribution in [3.05, 3.63) is 29.6 Å². The van der Waals surface area contributed by atoms with E-state index in [-0.39, 0.29) is 35.7 Å². The molecule has 2 atom stereocenters. The van der Waals surface area contributed by atoms with E-state index in [0.29, 0.717) is 24.2 Å². The van der Waals surface area contributed by atoms with E-state index in [0.717, 1.165) is 7.11 Å². The third kappa shape index (κ3) is 6.76. The second-order valence-electron chi connectivity index (χ2n) is 5.32. The van der Waals surface area contributed by atoms with Crippen LogP contribution >= 0.6 is 12.6 Å². The Morgan fingerprint density at radius 3 is 2.46 bits per heavy atom. The highest BCUT2D eigenvalue weighted by molar-refractivity contribution is 7.81. The Bertz CT molecular complexity index is 613. The van der Waals surface area contributed by atoms with Crippen molar-refractivity contribution < 1.29 is 23.9 Å². The molecule has 8 heteroatoms. The molecule has 2 unspecified atom stereocenters. The maximum Gasteiger partial charge on any atom is 0.286 e. The number of thiol groups is 1. The van der Waals surface area contributed by atoms with Gasteiger partial charge in [-0.3, -0.25) is 14.4 Å². The predicted octanol–water partition coefficient (Wildman–Crippen LogP) is 2.05. The number of carbonyl (C=O) groups excluding carboxylic acids is 3. The molecule has 0 spiro atoms. The lowest BCUT2D eigenvalue weighted by atomic mass is 9.95. The summed E-state index contributed by atoms with van der Waals surface area (Å²) in [5, 5.41) is 9.39. The van der Waals surface area contributed by atoms with E-state index in [1.54, 1.807) is 13.0 Å². The van der Waals surface area contributed by atoms with Crippen LogP contribution < -0.4 is 5.32 Å². The summed E-state index contributed by atoms with van der Waals surface area (Å²) in [5.74, 6) is -1.51. The number of benzene rings is 1. The molecule has 2 rings (SSSR count). The van der Waals surface area contributed by atoms with Crippen LogP contribution in [-0.2, 0) is 14.4 Å². The topological polar surface area (TPSA) is 86.7 Å². The zero-order valence-electron chi connectivity index (χ0n) is 15.5. The highest BCUT2D eigenvalue weighted by Crippen LogP contribution is 2.24. The molecule has 0 aromatic heterocycles. The van der Waals surface area contributed by atoms with Crippen LogP contribution in [0, 0.1) is 18.7 Å². The first kappa shape index (κ1) is 24.1. The summed E-state index contributed by atoms with van der Waals surface area (Å²) in [4.78, 5) is 35.5. The van der Waals surface area contributed by atoms with E-state index < -0.39 is 5.91 Å². The number of rotatable bonds is 3. The molecule has 1 aliphatic rings. The van der Waals surface area contributed by atoms with Crippen molar-refractivity contribution in [3.8, 4) is 0 Å². The third-order valence-corrected chi connectivity index (χ3v) is 4.28. The van der Waals surface area contributed by atoms with Gasteiger partial charge in [-0.05, 0) is 37.1 Å². The summed E-state index contributed by atoms with van der Waals surface area (Å²) >= 11 is 4.36. The first-order valence-corrected chi connectivity index (χ1v) is 8.88. The van der Waals surface area contributed by atoms with Crippen LogP contribution in [0.2, 0.25) is 0 Å². The van der Waals surface area contributed by atoms with Gasteiger partial charge in [-0.15, -0.1) is 0 Å². The number of piperidine rings is 1. The first-order valence-electron chi connectivity index (χ1n) is 8.36. The fourth-order valence-electron chi connectivity index (χ4n) is 2.47. The number of nitrogens with one attached hydrogen (secondary N) is 1. The minimum atomic E-state index is -0.591. The average molecular weight is 386 g/mol. The third-order valence-electron chi connectivity index (χ3n) is 3.76. The van der Waals surface area contributed by atoms with Crippen molar-refractivity contribution in [1.29, 1.82) is 0 Å². The van der Waals surface area contributed by atoms with Crippen molar-refractivity contribution in [2.45, 2.75) is 32.4 Å². The van der Waals surface area contributed by atoms with Crippen LogP contribution in [0.5, 0.6) is 0 Å². The summed E-state index contributed by atoms with van der Waals surface area (Å²) in [7, 11) is 1.00. The van der Waals surface area contributed by atoms with Crippen LogP contribution in [0.3, 0.4) is 0 Å². The molecular formula is C18H27FN2O4S. The van der Waals surface area contributed by atoms with Crippen molar-refractivity contribution in [2.24, 2.45) is 5.92 Å². The number of aliphatic hydroxyl groups is 1. The number of anilines is 1. The Labute approximate surface area is 159 Å². The fraction of sp³-hybridized carbons (Fsp3) is 0.500. The average Bonchev–Trinajstić information content (AvgIpc) is 2.67. The van der Waals surface area contributed by atoms with Gasteiger partial charge in [-0.25, -0.2) is 4.39 Å². The summed E-state index contributed by atoms with van der Waals surface area (Å²) in [5.41, 5.74) is 0.974. The molecule has 2 N–H and O–H groups in total. The molecule has 26 heavy (non-hydrogen) atoms. The normalized spacial score (nSPS) is 18.5. The summed E-state index contributed by atoms with van der Waals surface area (Å²) < 4.78 is 13.2. The molecule has 1 aromatic rings. The number of amides is 2. The molecule has 0 saturated carbocycles. The van der Waals surface area contributed by atoms with E-state index in [1.807, 2.05) is 13.8 Å². The van der Waals surface area contributed by atoms with Gasteiger partial charge in [-0.2, -0.15) is 12.6 Å². The molecule has 146 valence electrons. The van der Waals surface area contributed by atoms with E-state index >= 15 is 0 Å². The van der Waals surface area contributed by atoms with Crippen LogP contribution in [-0.4, -0.2) is 53.6 Å². The van der Waals surface area contributed by atoms with Crippen molar-refractivity contribution in [3.63, 3.8) is 0 Å². The Morgan fingerprint density at radius 2 is 1.96 bits per heavy atom. The van der Waals surface area contributed by atoms with Crippen molar-refractivity contribution in [2.75, 3.05) is 25.5 Å². The quantitative estimate of drug-likeness (QED) is 0.422. The van der Waals surface area contributed by atoms with Crippen LogP contribution in [0.1, 0.15) is 25.8 Å². The van der Waals surface area contributed by atoms with Gasteiger partial charge in [0.1, 0.15) is 5.82 Å². The minimum absolute atomic E-state index is 0.218. The van der Waals surface area contributed by atoms with E-state index in [2.05, 4.69) is 17.9 Å². The van der Waals surface area contributed by atoms with Crippen molar-refractivity contribution in [1.82, 2.24) is 4.90 Å². The van der Waals surface area contributed by atoms with Gasteiger partial charge < -0.3 is 15.3 Å². The molecule has 1 aromatic carbocycles. The molecule has 0 aliphatic carbocycles. The van der Waals surface area contributed by atoms with Crippen molar-refractivity contribution >= 4 is 36.4 Å². The molecule has 1 saturated heterocycles. The van der Waals surface area contributed by atoms with Gasteiger partial charge in [0, 0.05) is 31.1 Å². The fourth-order valence-corrected chi connectivity index (χ4v) is 2.95. The molecule has 1 aliphatic heterocycles. The smallest absolute Gasteiger partial charge is 0.286 e. The maximum absolute atomic E-state index is 13.2. The number of aliphatic hydroxyl groups excluding tert-OH is 1. The summed E-state index contributed by atoms with van der Waals surface area (Å²) in [6.45, 7) is 6.21. The van der Waals surface area contributed by atoms with E-state index in [9.17, 15) is 18.8 Å². The molecule has 0 radical (unpaired) electrons. The molecule has 1 fully saturated rings. The van der Waals surface area contributed by atoms with Crippen LogP contribution in [0.4, 0.5) is 10.1 Å².